The summed E-state index contributed by atoms with van der Waals surface area (Å²) in [7, 11) is 0. The summed E-state index contributed by atoms with van der Waals surface area (Å²) in [6.07, 6.45) is -1.42. The van der Waals surface area contributed by atoms with E-state index in [0.29, 0.717) is 23.0 Å². The number of aromatic amines is 1. The zero-order valence-electron chi connectivity index (χ0n) is 14.1. The van der Waals surface area contributed by atoms with E-state index in [1.165, 1.54) is 18.5 Å². The van der Waals surface area contributed by atoms with Crippen LogP contribution in [0.4, 0.5) is 18.9 Å². The van der Waals surface area contributed by atoms with Crippen LogP contribution in [0, 0.1) is 0 Å². The number of aromatic nitrogens is 5. The smallest absolute Gasteiger partial charge is 0.374 e. The van der Waals surface area contributed by atoms with Crippen LogP contribution in [0.25, 0.3) is 11.5 Å². The quantitative estimate of drug-likeness (QED) is 0.539. The summed E-state index contributed by atoms with van der Waals surface area (Å²) in [5.74, 6) is 0.834. The molecular formula is C15H17Cl3F3N7. The van der Waals surface area contributed by atoms with Crippen molar-refractivity contribution in [2.45, 2.75) is 12.2 Å². The van der Waals surface area contributed by atoms with Crippen LogP contribution in [0.2, 0.25) is 0 Å². The number of hydrogen-bond donors (Lipinski definition) is 3. The van der Waals surface area contributed by atoms with Gasteiger partial charge in [-0.1, -0.05) is 0 Å². The highest BCUT2D eigenvalue weighted by Crippen LogP contribution is 2.30. The minimum atomic E-state index is -4.37. The fourth-order valence-corrected chi connectivity index (χ4v) is 2.16. The summed E-state index contributed by atoms with van der Waals surface area (Å²) in [4.78, 5) is 12.2. The maximum atomic E-state index is 12.6. The second-order valence-corrected chi connectivity index (χ2v) is 5.15. The zero-order valence-corrected chi connectivity index (χ0v) is 16.5. The molecule has 0 aliphatic carbocycles. The van der Waals surface area contributed by atoms with E-state index in [9.17, 15) is 13.2 Å². The van der Waals surface area contributed by atoms with Crippen molar-refractivity contribution in [2.24, 2.45) is 5.73 Å². The molecule has 0 saturated carbocycles. The van der Waals surface area contributed by atoms with Crippen molar-refractivity contribution in [1.29, 1.82) is 0 Å². The van der Waals surface area contributed by atoms with Gasteiger partial charge in [-0.3, -0.25) is 5.10 Å². The van der Waals surface area contributed by atoms with Gasteiger partial charge in [0.1, 0.15) is 17.8 Å². The molecule has 2 heterocycles. The third-order valence-corrected chi connectivity index (χ3v) is 3.43. The van der Waals surface area contributed by atoms with Crippen molar-refractivity contribution in [3.63, 3.8) is 0 Å². The van der Waals surface area contributed by atoms with Crippen molar-refractivity contribution in [3.8, 4) is 11.5 Å². The Bertz CT molecular complexity index is 829. The first kappa shape index (κ1) is 25.9. The van der Waals surface area contributed by atoms with E-state index in [4.69, 9.17) is 5.73 Å². The van der Waals surface area contributed by atoms with Gasteiger partial charge in [0.05, 0.1) is 11.6 Å². The number of H-pyrrole nitrogens is 1. The average molecular weight is 459 g/mol. The summed E-state index contributed by atoms with van der Waals surface area (Å²) < 4.78 is 37.8. The molecule has 0 fully saturated rings. The van der Waals surface area contributed by atoms with E-state index >= 15 is 0 Å². The normalized spacial score (nSPS) is 11.4. The molecule has 0 amide bonds. The van der Waals surface area contributed by atoms with Crippen LogP contribution in [0.3, 0.4) is 0 Å². The molecule has 3 aromatic rings. The fourth-order valence-electron chi connectivity index (χ4n) is 2.16. The molecule has 0 saturated heterocycles. The number of hydrogen-bond acceptors (Lipinski definition) is 6. The first-order valence-electron chi connectivity index (χ1n) is 7.30. The van der Waals surface area contributed by atoms with Crippen molar-refractivity contribution in [2.75, 3.05) is 11.9 Å². The third kappa shape index (κ3) is 6.20. The molecule has 1 aromatic carbocycles. The zero-order chi connectivity index (χ0) is 17.9. The van der Waals surface area contributed by atoms with Gasteiger partial charge < -0.3 is 11.1 Å². The second-order valence-electron chi connectivity index (χ2n) is 5.15. The maximum absolute atomic E-state index is 12.6. The van der Waals surface area contributed by atoms with E-state index in [1.807, 2.05) is 0 Å². The maximum Gasteiger partial charge on any atom is 0.416 e. The van der Waals surface area contributed by atoms with Crippen molar-refractivity contribution >= 4 is 42.9 Å². The number of alkyl halides is 3. The lowest BCUT2D eigenvalue weighted by Gasteiger charge is -2.16. The van der Waals surface area contributed by atoms with E-state index < -0.39 is 17.8 Å². The molecule has 1 unspecified atom stereocenters. The first-order valence-corrected chi connectivity index (χ1v) is 7.30. The van der Waals surface area contributed by atoms with E-state index in [1.54, 1.807) is 12.3 Å². The SMILES string of the molecule is Cl.Cl.Cl.NCC(Nc1ccc(C(F)(F)F)cc1)c1nc(-c2ccncn2)n[nH]1. The van der Waals surface area contributed by atoms with Gasteiger partial charge in [0.2, 0.25) is 0 Å². The van der Waals surface area contributed by atoms with Crippen LogP contribution in [0.5, 0.6) is 0 Å². The highest BCUT2D eigenvalue weighted by molar-refractivity contribution is 5.86. The molecule has 4 N–H and O–H groups in total. The summed E-state index contributed by atoms with van der Waals surface area (Å²) in [5, 5.41) is 9.87. The molecule has 28 heavy (non-hydrogen) atoms. The van der Waals surface area contributed by atoms with Crippen molar-refractivity contribution in [3.05, 3.63) is 54.2 Å². The Kier molecular flexibility index (Phi) is 10.2. The largest absolute Gasteiger partial charge is 0.416 e. The highest BCUT2D eigenvalue weighted by Gasteiger charge is 2.30. The standard InChI is InChI=1S/C15H14F3N7.3ClH/c16-15(17,18)9-1-3-10(4-2-9)22-12(7-19)14-23-13(24-25-14)11-5-6-20-8-21-11;;;/h1-6,8,12,22H,7,19H2,(H,23,24,25);3*1H. The average Bonchev–Trinajstić information content (AvgIpc) is 3.10. The Morgan fingerprint density at radius 3 is 2.29 bits per heavy atom. The van der Waals surface area contributed by atoms with E-state index in [2.05, 4.69) is 30.5 Å². The Morgan fingerprint density at radius 2 is 1.75 bits per heavy atom. The summed E-state index contributed by atoms with van der Waals surface area (Å²) in [5.41, 5.74) is 6.06. The van der Waals surface area contributed by atoms with Crippen LogP contribution >= 0.6 is 37.2 Å². The lowest BCUT2D eigenvalue weighted by Crippen LogP contribution is -2.22. The number of benzene rings is 1. The number of nitrogens with two attached hydrogens (primary N) is 1. The van der Waals surface area contributed by atoms with Crippen LogP contribution in [0.1, 0.15) is 17.4 Å². The minimum absolute atomic E-state index is 0. The lowest BCUT2D eigenvalue weighted by atomic mass is 10.2. The van der Waals surface area contributed by atoms with Crippen LogP contribution in [-0.2, 0) is 6.18 Å². The molecule has 13 heteroatoms. The molecule has 0 aliphatic rings. The number of halogens is 6. The number of nitrogens with one attached hydrogen (secondary N) is 2. The number of rotatable bonds is 5. The molecule has 154 valence electrons. The monoisotopic (exact) mass is 457 g/mol. The van der Waals surface area contributed by atoms with Gasteiger partial charge in [-0.05, 0) is 30.3 Å². The Labute approximate surface area is 177 Å². The van der Waals surface area contributed by atoms with Crippen LogP contribution in [-0.4, -0.2) is 31.7 Å². The Hall–Kier alpha value is -2.14. The molecule has 0 bridgehead atoms. The van der Waals surface area contributed by atoms with Gasteiger partial charge in [0.15, 0.2) is 5.82 Å². The molecule has 0 radical (unpaired) electrons. The fraction of sp³-hybridized carbons (Fsp3) is 0.200. The molecular weight excluding hydrogens is 442 g/mol. The molecule has 0 spiro atoms. The Morgan fingerprint density at radius 1 is 1.07 bits per heavy atom. The highest BCUT2D eigenvalue weighted by atomic mass is 35.5. The topological polar surface area (TPSA) is 105 Å². The van der Waals surface area contributed by atoms with Gasteiger partial charge in [-0.2, -0.15) is 18.3 Å². The third-order valence-electron chi connectivity index (χ3n) is 3.43. The van der Waals surface area contributed by atoms with Crippen molar-refractivity contribution < 1.29 is 13.2 Å². The number of nitrogens with zero attached hydrogens (tertiary/aromatic N) is 4. The minimum Gasteiger partial charge on any atom is -0.374 e. The van der Waals surface area contributed by atoms with Gasteiger partial charge in [0, 0.05) is 18.4 Å². The summed E-state index contributed by atoms with van der Waals surface area (Å²) in [6.45, 7) is 0.166. The Balaban J connectivity index is 0.00000243. The van der Waals surface area contributed by atoms with Gasteiger partial charge in [-0.25, -0.2) is 15.0 Å². The molecule has 2 aromatic heterocycles. The lowest BCUT2D eigenvalue weighted by molar-refractivity contribution is -0.137. The molecule has 3 rings (SSSR count). The molecule has 1 atom stereocenters. The van der Waals surface area contributed by atoms with E-state index in [-0.39, 0.29) is 43.8 Å². The summed E-state index contributed by atoms with van der Waals surface area (Å²) in [6, 6.07) is 5.90. The summed E-state index contributed by atoms with van der Waals surface area (Å²) >= 11 is 0. The predicted molar refractivity (Wildman–Crippen MR) is 106 cm³/mol. The van der Waals surface area contributed by atoms with Gasteiger partial charge in [0.25, 0.3) is 0 Å². The van der Waals surface area contributed by atoms with Gasteiger partial charge in [-0.15, -0.1) is 37.2 Å². The predicted octanol–water partition coefficient (Wildman–Crippen LogP) is 3.66. The van der Waals surface area contributed by atoms with Crippen molar-refractivity contribution in [1.82, 2.24) is 25.1 Å². The van der Waals surface area contributed by atoms with Gasteiger partial charge >= 0.3 is 6.18 Å². The number of anilines is 1. The first-order chi connectivity index (χ1) is 12.0. The molecule has 7 nitrogen and oxygen atoms in total. The van der Waals surface area contributed by atoms with E-state index in [0.717, 1.165) is 12.1 Å². The molecule has 0 aliphatic heterocycles. The van der Waals surface area contributed by atoms with Crippen LogP contribution in [0.15, 0.2) is 42.9 Å². The second kappa shape index (κ2) is 11.0. The van der Waals surface area contributed by atoms with Crippen LogP contribution < -0.4 is 11.1 Å².